The van der Waals surface area contributed by atoms with Crippen LogP contribution in [0, 0.1) is 5.92 Å². The van der Waals surface area contributed by atoms with Gasteiger partial charge >= 0.3 is 0 Å². The molecule has 1 fully saturated rings. The number of carbonyl (C=O) groups is 1. The van der Waals surface area contributed by atoms with Gasteiger partial charge in [-0.25, -0.2) is 0 Å². The third-order valence-corrected chi connectivity index (χ3v) is 2.44. The highest BCUT2D eigenvalue weighted by Crippen LogP contribution is 2.25. The average Bonchev–Trinajstić information content (AvgIpc) is 2.03. The van der Waals surface area contributed by atoms with E-state index < -0.39 is 0 Å². The average molecular weight is 171 g/mol. The maximum Gasteiger partial charge on any atom is 0.225 e. The van der Waals surface area contributed by atoms with Crippen LogP contribution in [-0.2, 0) is 4.79 Å². The second kappa shape index (κ2) is 3.90. The smallest absolute Gasteiger partial charge is 0.225 e. The Morgan fingerprint density at radius 2 is 2.08 bits per heavy atom. The predicted molar refractivity (Wildman–Crippen MR) is 46.7 cm³/mol. The van der Waals surface area contributed by atoms with Gasteiger partial charge in [-0.15, -0.1) is 0 Å². The van der Waals surface area contributed by atoms with Gasteiger partial charge < -0.3 is 10.0 Å². The lowest BCUT2D eigenvalue weighted by Gasteiger charge is -2.26. The Morgan fingerprint density at radius 3 is 2.58 bits per heavy atom. The highest BCUT2D eigenvalue weighted by Gasteiger charge is 2.26. The van der Waals surface area contributed by atoms with Gasteiger partial charge in [0.2, 0.25) is 5.91 Å². The number of aliphatic hydroxyl groups excluding tert-OH is 1. The Bertz CT molecular complexity index is 168. The van der Waals surface area contributed by atoms with Crippen molar-refractivity contribution in [3.8, 4) is 0 Å². The van der Waals surface area contributed by atoms with Crippen LogP contribution in [-0.4, -0.2) is 36.1 Å². The molecule has 0 radical (unpaired) electrons. The number of hydrogen-bond acceptors (Lipinski definition) is 2. The molecule has 0 unspecified atom stereocenters. The molecule has 1 aliphatic carbocycles. The van der Waals surface area contributed by atoms with Crippen molar-refractivity contribution in [1.29, 1.82) is 0 Å². The van der Waals surface area contributed by atoms with Crippen molar-refractivity contribution in [3.05, 3.63) is 0 Å². The third kappa shape index (κ3) is 2.21. The number of carbonyl (C=O) groups excluding carboxylic acids is 1. The van der Waals surface area contributed by atoms with Crippen molar-refractivity contribution in [2.45, 2.75) is 31.8 Å². The standard InChI is InChI=1S/C9H17NO2/c1-10(2)9(12)7-4-3-5-8(11)6-7/h7-8,11H,3-6H2,1-2H3/t7-,8+/m0/s1. The Hall–Kier alpha value is -0.570. The van der Waals surface area contributed by atoms with E-state index in [9.17, 15) is 9.90 Å². The van der Waals surface area contributed by atoms with E-state index in [4.69, 9.17) is 0 Å². The highest BCUT2D eigenvalue weighted by molar-refractivity contribution is 5.78. The quantitative estimate of drug-likeness (QED) is 0.628. The summed E-state index contributed by atoms with van der Waals surface area (Å²) in [7, 11) is 3.53. The second-order valence-corrected chi connectivity index (χ2v) is 3.75. The molecule has 2 atom stereocenters. The maximum absolute atomic E-state index is 11.5. The SMILES string of the molecule is CN(C)C(=O)[C@H]1CCC[C@@H](O)C1. The first-order valence-electron chi connectivity index (χ1n) is 4.50. The minimum absolute atomic E-state index is 0.0590. The van der Waals surface area contributed by atoms with Gasteiger partial charge in [-0.05, 0) is 19.3 Å². The van der Waals surface area contributed by atoms with E-state index >= 15 is 0 Å². The van der Waals surface area contributed by atoms with Gasteiger partial charge in [0.05, 0.1) is 6.10 Å². The molecule has 0 aliphatic heterocycles. The molecule has 0 aromatic rings. The predicted octanol–water partition coefficient (Wildman–Crippen LogP) is 0.626. The molecule has 1 aliphatic rings. The fraction of sp³-hybridized carbons (Fsp3) is 0.889. The van der Waals surface area contributed by atoms with Crippen LogP contribution < -0.4 is 0 Å². The third-order valence-electron chi connectivity index (χ3n) is 2.44. The van der Waals surface area contributed by atoms with Crippen LogP contribution in [0.4, 0.5) is 0 Å². The van der Waals surface area contributed by atoms with Crippen LogP contribution in [0.1, 0.15) is 25.7 Å². The van der Waals surface area contributed by atoms with Crippen LogP contribution in [0.3, 0.4) is 0 Å². The van der Waals surface area contributed by atoms with Gasteiger partial charge in [0.1, 0.15) is 0 Å². The number of amides is 1. The Morgan fingerprint density at radius 1 is 1.42 bits per heavy atom. The number of aliphatic hydroxyl groups is 1. The van der Waals surface area contributed by atoms with Gasteiger partial charge in [0.25, 0.3) is 0 Å². The molecule has 0 saturated heterocycles. The Balaban J connectivity index is 2.46. The molecule has 70 valence electrons. The molecule has 1 rings (SSSR count). The molecule has 1 saturated carbocycles. The summed E-state index contributed by atoms with van der Waals surface area (Å²) in [6.07, 6.45) is 3.17. The van der Waals surface area contributed by atoms with E-state index in [-0.39, 0.29) is 17.9 Å². The molecule has 0 spiro atoms. The molecule has 3 heteroatoms. The van der Waals surface area contributed by atoms with Crippen molar-refractivity contribution >= 4 is 5.91 Å². The van der Waals surface area contributed by atoms with Gasteiger partial charge in [-0.1, -0.05) is 6.42 Å². The van der Waals surface area contributed by atoms with Crippen molar-refractivity contribution in [3.63, 3.8) is 0 Å². The summed E-state index contributed by atoms with van der Waals surface area (Å²) in [5, 5.41) is 9.34. The molecule has 1 N–H and O–H groups in total. The topological polar surface area (TPSA) is 40.5 Å². The molecule has 0 aromatic carbocycles. The summed E-state index contributed by atoms with van der Waals surface area (Å²) in [5.41, 5.74) is 0. The molecule has 1 amide bonds. The highest BCUT2D eigenvalue weighted by atomic mass is 16.3. The molecule has 0 heterocycles. The molecule has 0 aromatic heterocycles. The van der Waals surface area contributed by atoms with E-state index in [2.05, 4.69) is 0 Å². The zero-order chi connectivity index (χ0) is 9.14. The van der Waals surface area contributed by atoms with E-state index in [0.717, 1.165) is 19.3 Å². The zero-order valence-electron chi connectivity index (χ0n) is 7.79. The molecular weight excluding hydrogens is 154 g/mol. The lowest BCUT2D eigenvalue weighted by atomic mass is 9.86. The van der Waals surface area contributed by atoms with Crippen LogP contribution >= 0.6 is 0 Å². The first-order chi connectivity index (χ1) is 5.61. The minimum Gasteiger partial charge on any atom is -0.393 e. The van der Waals surface area contributed by atoms with E-state index in [1.807, 2.05) is 0 Å². The van der Waals surface area contributed by atoms with E-state index in [1.54, 1.807) is 19.0 Å². The fourth-order valence-corrected chi connectivity index (χ4v) is 1.75. The van der Waals surface area contributed by atoms with Crippen LogP contribution in [0.25, 0.3) is 0 Å². The van der Waals surface area contributed by atoms with Crippen molar-refractivity contribution in [2.24, 2.45) is 5.92 Å². The van der Waals surface area contributed by atoms with Crippen molar-refractivity contribution < 1.29 is 9.90 Å². The van der Waals surface area contributed by atoms with E-state index in [0.29, 0.717) is 6.42 Å². The molecular formula is C9H17NO2. The fourth-order valence-electron chi connectivity index (χ4n) is 1.75. The summed E-state index contributed by atoms with van der Waals surface area (Å²) >= 11 is 0. The lowest BCUT2D eigenvalue weighted by molar-refractivity contribution is -0.135. The minimum atomic E-state index is -0.257. The first kappa shape index (κ1) is 9.52. The molecule has 12 heavy (non-hydrogen) atoms. The number of nitrogens with zero attached hydrogens (tertiary/aromatic N) is 1. The summed E-state index contributed by atoms with van der Waals surface area (Å²) < 4.78 is 0. The monoisotopic (exact) mass is 171 g/mol. The summed E-state index contributed by atoms with van der Waals surface area (Å²) in [4.78, 5) is 13.1. The zero-order valence-corrected chi connectivity index (χ0v) is 7.79. The molecule has 3 nitrogen and oxygen atoms in total. The van der Waals surface area contributed by atoms with Crippen LogP contribution in [0.2, 0.25) is 0 Å². The van der Waals surface area contributed by atoms with Gasteiger partial charge in [-0.2, -0.15) is 0 Å². The van der Waals surface area contributed by atoms with E-state index in [1.165, 1.54) is 0 Å². The Kier molecular flexibility index (Phi) is 3.09. The van der Waals surface area contributed by atoms with Crippen molar-refractivity contribution in [2.75, 3.05) is 14.1 Å². The first-order valence-corrected chi connectivity index (χ1v) is 4.50. The normalized spacial score (nSPS) is 29.9. The second-order valence-electron chi connectivity index (χ2n) is 3.75. The largest absolute Gasteiger partial charge is 0.393 e. The summed E-state index contributed by atoms with van der Waals surface area (Å²) in [5.74, 6) is 0.220. The lowest BCUT2D eigenvalue weighted by Crippen LogP contribution is -2.34. The summed E-state index contributed by atoms with van der Waals surface area (Å²) in [6.45, 7) is 0. The van der Waals surface area contributed by atoms with Crippen LogP contribution in [0.5, 0.6) is 0 Å². The summed E-state index contributed by atoms with van der Waals surface area (Å²) in [6, 6.07) is 0. The Labute approximate surface area is 73.4 Å². The number of rotatable bonds is 1. The van der Waals surface area contributed by atoms with Gasteiger partial charge in [0.15, 0.2) is 0 Å². The van der Waals surface area contributed by atoms with Crippen LogP contribution in [0.15, 0.2) is 0 Å². The molecule has 0 bridgehead atoms. The van der Waals surface area contributed by atoms with Gasteiger partial charge in [0, 0.05) is 20.0 Å². The maximum atomic E-state index is 11.5. The van der Waals surface area contributed by atoms with Crippen molar-refractivity contribution in [1.82, 2.24) is 4.90 Å². The number of hydrogen-bond donors (Lipinski definition) is 1. The van der Waals surface area contributed by atoms with Gasteiger partial charge in [-0.3, -0.25) is 4.79 Å².